The molecule has 2 N–H and O–H groups in total. The fraction of sp³-hybridized carbons (Fsp3) is 0.588. The predicted octanol–water partition coefficient (Wildman–Crippen LogP) is 3.66. The van der Waals surface area contributed by atoms with Gasteiger partial charge in [-0.2, -0.15) is 0 Å². The lowest BCUT2D eigenvalue weighted by atomic mass is 9.77. The number of aryl methyl sites for hydroxylation is 1. The third-order valence-electron chi connectivity index (χ3n) is 4.46. The SMILES string of the molecule is CCNC(c1ccc2c(c1)CCC(=O)N2)C(C)(C)CC. The first-order valence-corrected chi connectivity index (χ1v) is 7.64. The Morgan fingerprint density at radius 3 is 2.70 bits per heavy atom. The zero-order valence-corrected chi connectivity index (χ0v) is 13.0. The highest BCUT2D eigenvalue weighted by molar-refractivity contribution is 5.93. The normalized spacial score (nSPS) is 16.5. The van der Waals surface area contributed by atoms with Gasteiger partial charge in [-0.05, 0) is 42.0 Å². The van der Waals surface area contributed by atoms with E-state index in [1.54, 1.807) is 0 Å². The van der Waals surface area contributed by atoms with Crippen molar-refractivity contribution in [3.05, 3.63) is 29.3 Å². The van der Waals surface area contributed by atoms with Crippen LogP contribution in [0.1, 0.15) is 57.7 Å². The lowest BCUT2D eigenvalue weighted by Crippen LogP contribution is -2.34. The van der Waals surface area contributed by atoms with Gasteiger partial charge in [0.15, 0.2) is 0 Å². The molecule has 1 aromatic carbocycles. The van der Waals surface area contributed by atoms with Crippen molar-refractivity contribution in [3.63, 3.8) is 0 Å². The van der Waals surface area contributed by atoms with Crippen LogP contribution in [0.3, 0.4) is 0 Å². The van der Waals surface area contributed by atoms with Gasteiger partial charge in [0.25, 0.3) is 0 Å². The topological polar surface area (TPSA) is 41.1 Å². The van der Waals surface area contributed by atoms with E-state index in [0.29, 0.717) is 12.5 Å². The molecule has 1 aliphatic heterocycles. The van der Waals surface area contributed by atoms with Crippen LogP contribution in [0.15, 0.2) is 18.2 Å². The first-order chi connectivity index (χ1) is 9.47. The van der Waals surface area contributed by atoms with Gasteiger partial charge in [0.05, 0.1) is 0 Å². The van der Waals surface area contributed by atoms with Crippen LogP contribution < -0.4 is 10.6 Å². The Bertz CT molecular complexity index is 494. The molecule has 1 atom stereocenters. The number of benzene rings is 1. The second kappa shape index (κ2) is 5.96. The Hall–Kier alpha value is -1.35. The summed E-state index contributed by atoms with van der Waals surface area (Å²) >= 11 is 0. The maximum Gasteiger partial charge on any atom is 0.224 e. The average Bonchev–Trinajstić information content (AvgIpc) is 2.44. The van der Waals surface area contributed by atoms with E-state index in [-0.39, 0.29) is 11.3 Å². The molecule has 3 nitrogen and oxygen atoms in total. The molecule has 110 valence electrons. The molecule has 0 saturated heterocycles. The zero-order valence-electron chi connectivity index (χ0n) is 13.0. The number of carbonyl (C=O) groups is 1. The van der Waals surface area contributed by atoms with E-state index in [4.69, 9.17) is 0 Å². The summed E-state index contributed by atoms with van der Waals surface area (Å²) < 4.78 is 0. The molecular weight excluding hydrogens is 248 g/mol. The van der Waals surface area contributed by atoms with Gasteiger partial charge >= 0.3 is 0 Å². The molecule has 0 aromatic heterocycles. The molecule has 3 heteroatoms. The van der Waals surface area contributed by atoms with Crippen molar-refractivity contribution in [1.82, 2.24) is 5.32 Å². The molecule has 1 aromatic rings. The van der Waals surface area contributed by atoms with Gasteiger partial charge < -0.3 is 10.6 Å². The standard InChI is InChI=1S/C17H26N2O/c1-5-17(3,4)16(18-6-2)13-7-9-14-12(11-13)8-10-15(20)19-14/h7,9,11,16,18H,5-6,8,10H2,1-4H3,(H,19,20). The molecule has 1 heterocycles. The fourth-order valence-electron chi connectivity index (χ4n) is 2.84. The Kier molecular flexibility index (Phi) is 4.48. The van der Waals surface area contributed by atoms with Crippen LogP contribution in [0.25, 0.3) is 0 Å². The minimum atomic E-state index is 0.127. The lowest BCUT2D eigenvalue weighted by molar-refractivity contribution is -0.116. The van der Waals surface area contributed by atoms with Crippen molar-refractivity contribution in [2.75, 3.05) is 11.9 Å². The van der Waals surface area contributed by atoms with Crippen molar-refractivity contribution < 1.29 is 4.79 Å². The molecule has 1 unspecified atom stereocenters. The van der Waals surface area contributed by atoms with Crippen LogP contribution in [0, 0.1) is 5.41 Å². The summed E-state index contributed by atoms with van der Waals surface area (Å²) in [4.78, 5) is 11.4. The minimum absolute atomic E-state index is 0.127. The van der Waals surface area contributed by atoms with Gasteiger partial charge in [0, 0.05) is 18.2 Å². The molecule has 0 saturated carbocycles. The van der Waals surface area contributed by atoms with Crippen molar-refractivity contribution >= 4 is 11.6 Å². The fourth-order valence-corrected chi connectivity index (χ4v) is 2.84. The van der Waals surface area contributed by atoms with E-state index in [1.165, 1.54) is 11.1 Å². The number of hydrogen-bond donors (Lipinski definition) is 2. The molecule has 0 bridgehead atoms. The van der Waals surface area contributed by atoms with E-state index in [0.717, 1.165) is 25.1 Å². The second-order valence-electron chi connectivity index (χ2n) is 6.30. The number of amides is 1. The van der Waals surface area contributed by atoms with Gasteiger partial charge in [-0.1, -0.05) is 39.8 Å². The Balaban J connectivity index is 2.33. The monoisotopic (exact) mass is 274 g/mol. The third-order valence-corrected chi connectivity index (χ3v) is 4.46. The number of anilines is 1. The predicted molar refractivity (Wildman–Crippen MR) is 83.9 cm³/mol. The summed E-state index contributed by atoms with van der Waals surface area (Å²) in [6.07, 6.45) is 2.57. The summed E-state index contributed by atoms with van der Waals surface area (Å²) in [5, 5.41) is 6.57. The third kappa shape index (κ3) is 3.04. The molecule has 0 fully saturated rings. The molecule has 20 heavy (non-hydrogen) atoms. The summed E-state index contributed by atoms with van der Waals surface area (Å²) in [5.74, 6) is 0.127. The number of carbonyl (C=O) groups excluding carboxylic acids is 1. The van der Waals surface area contributed by atoms with Crippen LogP contribution in [-0.2, 0) is 11.2 Å². The van der Waals surface area contributed by atoms with Crippen molar-refractivity contribution in [3.8, 4) is 0 Å². The molecule has 1 aliphatic rings. The quantitative estimate of drug-likeness (QED) is 0.860. The second-order valence-corrected chi connectivity index (χ2v) is 6.30. The molecule has 0 aliphatic carbocycles. The van der Waals surface area contributed by atoms with Crippen molar-refractivity contribution in [2.45, 2.75) is 53.0 Å². The first kappa shape index (κ1) is 15.0. The van der Waals surface area contributed by atoms with Gasteiger partial charge in [-0.3, -0.25) is 4.79 Å². The van der Waals surface area contributed by atoms with E-state index in [9.17, 15) is 4.79 Å². The van der Waals surface area contributed by atoms with Crippen LogP contribution in [0.2, 0.25) is 0 Å². The highest BCUT2D eigenvalue weighted by Gasteiger charge is 2.29. The largest absolute Gasteiger partial charge is 0.326 e. The molecular formula is C17H26N2O. The number of fused-ring (bicyclic) bond motifs is 1. The van der Waals surface area contributed by atoms with Gasteiger partial charge in [0.1, 0.15) is 0 Å². The number of rotatable bonds is 5. The smallest absolute Gasteiger partial charge is 0.224 e. The number of nitrogens with one attached hydrogen (secondary N) is 2. The maximum atomic E-state index is 11.4. The summed E-state index contributed by atoms with van der Waals surface area (Å²) in [7, 11) is 0. The maximum absolute atomic E-state index is 11.4. The molecule has 1 amide bonds. The summed E-state index contributed by atoms with van der Waals surface area (Å²) in [6, 6.07) is 6.81. The van der Waals surface area contributed by atoms with Gasteiger partial charge in [-0.25, -0.2) is 0 Å². The van der Waals surface area contributed by atoms with E-state index in [1.807, 2.05) is 0 Å². The number of hydrogen-bond acceptors (Lipinski definition) is 2. The highest BCUT2D eigenvalue weighted by atomic mass is 16.1. The van der Waals surface area contributed by atoms with Gasteiger partial charge in [-0.15, -0.1) is 0 Å². The summed E-state index contributed by atoms with van der Waals surface area (Å²) in [6.45, 7) is 9.96. The van der Waals surface area contributed by atoms with Crippen LogP contribution in [0.5, 0.6) is 0 Å². The van der Waals surface area contributed by atoms with E-state index < -0.39 is 0 Å². The Labute approximate surface area is 122 Å². The minimum Gasteiger partial charge on any atom is -0.326 e. The van der Waals surface area contributed by atoms with Crippen molar-refractivity contribution in [1.29, 1.82) is 0 Å². The van der Waals surface area contributed by atoms with E-state index >= 15 is 0 Å². The summed E-state index contributed by atoms with van der Waals surface area (Å²) in [5.41, 5.74) is 3.78. The van der Waals surface area contributed by atoms with Crippen molar-refractivity contribution in [2.24, 2.45) is 5.41 Å². The average molecular weight is 274 g/mol. The van der Waals surface area contributed by atoms with Crippen LogP contribution in [-0.4, -0.2) is 12.5 Å². The van der Waals surface area contributed by atoms with Crippen LogP contribution >= 0.6 is 0 Å². The Morgan fingerprint density at radius 2 is 2.05 bits per heavy atom. The molecule has 2 rings (SSSR count). The highest BCUT2D eigenvalue weighted by Crippen LogP contribution is 2.38. The van der Waals surface area contributed by atoms with Crippen LogP contribution in [0.4, 0.5) is 5.69 Å². The Morgan fingerprint density at radius 1 is 1.30 bits per heavy atom. The zero-order chi connectivity index (χ0) is 14.8. The lowest BCUT2D eigenvalue weighted by Gasteiger charge is -2.35. The molecule has 0 spiro atoms. The van der Waals surface area contributed by atoms with Gasteiger partial charge in [0.2, 0.25) is 5.91 Å². The first-order valence-electron chi connectivity index (χ1n) is 7.64. The molecule has 0 radical (unpaired) electrons. The van der Waals surface area contributed by atoms with E-state index in [2.05, 4.69) is 56.5 Å².